The number of aryl methyl sites for hydroxylation is 2. The molecule has 0 unspecified atom stereocenters. The maximum Gasteiger partial charge on any atom is 0.165 e. The predicted octanol–water partition coefficient (Wildman–Crippen LogP) is -1.98. The average molecular weight is 364 g/mol. The van der Waals surface area contributed by atoms with Crippen molar-refractivity contribution in [2.45, 2.75) is 26.2 Å². The second-order valence-corrected chi connectivity index (χ2v) is 6.41. The Hall–Kier alpha value is -2.02. The molecule has 2 aromatic heterocycles. The van der Waals surface area contributed by atoms with Gasteiger partial charge >= 0.3 is 0 Å². The first-order valence-corrected chi connectivity index (χ1v) is 8.99. The van der Waals surface area contributed by atoms with Gasteiger partial charge in [0.1, 0.15) is 0 Å². The fourth-order valence-electron chi connectivity index (χ4n) is 3.13. The standard InChI is InChI=1S/C14H24N10O2/c1(23-13(15-17-19-23)11-21-3-7-25-8-4-21)2-24-14(16-18-20-24)12-22-5-9-26-10-6-22/h1-12H2. The van der Waals surface area contributed by atoms with Crippen LogP contribution in [0.1, 0.15) is 11.6 Å². The molecule has 0 aromatic carbocycles. The monoisotopic (exact) mass is 364 g/mol. The highest BCUT2D eigenvalue weighted by molar-refractivity contribution is 4.84. The van der Waals surface area contributed by atoms with Crippen LogP contribution < -0.4 is 0 Å². The Labute approximate surface area is 151 Å². The lowest BCUT2D eigenvalue weighted by molar-refractivity contribution is 0.0319. The summed E-state index contributed by atoms with van der Waals surface area (Å²) in [5.74, 6) is 1.71. The van der Waals surface area contributed by atoms with Crippen LogP contribution in [0.25, 0.3) is 0 Å². The van der Waals surface area contributed by atoms with Crippen molar-refractivity contribution in [1.29, 1.82) is 0 Å². The van der Waals surface area contributed by atoms with Gasteiger partial charge in [-0.1, -0.05) is 0 Å². The van der Waals surface area contributed by atoms with Gasteiger partial charge in [0.2, 0.25) is 0 Å². The molecule has 4 rings (SSSR count). The molecule has 0 atom stereocenters. The third-order valence-electron chi connectivity index (χ3n) is 4.67. The molecule has 12 heteroatoms. The maximum absolute atomic E-state index is 5.38. The van der Waals surface area contributed by atoms with E-state index in [0.717, 1.165) is 77.3 Å². The molecule has 2 aromatic rings. The van der Waals surface area contributed by atoms with E-state index in [2.05, 4.69) is 40.9 Å². The van der Waals surface area contributed by atoms with Crippen molar-refractivity contribution >= 4 is 0 Å². The van der Waals surface area contributed by atoms with Gasteiger partial charge in [-0.3, -0.25) is 9.80 Å². The van der Waals surface area contributed by atoms with Crippen molar-refractivity contribution in [3.63, 3.8) is 0 Å². The van der Waals surface area contributed by atoms with Gasteiger partial charge in [-0.2, -0.15) is 0 Å². The van der Waals surface area contributed by atoms with Crippen molar-refractivity contribution in [2.24, 2.45) is 0 Å². The minimum atomic E-state index is 0.633. The van der Waals surface area contributed by atoms with E-state index in [1.54, 1.807) is 0 Å². The molecule has 0 radical (unpaired) electrons. The van der Waals surface area contributed by atoms with Gasteiger partial charge in [0.05, 0.1) is 52.6 Å². The lowest BCUT2D eigenvalue weighted by Crippen LogP contribution is -2.37. The number of aromatic nitrogens is 8. The summed E-state index contributed by atoms with van der Waals surface area (Å²) in [5, 5.41) is 24.2. The number of morpholine rings is 2. The third kappa shape index (κ3) is 4.38. The molecule has 2 aliphatic rings. The lowest BCUT2D eigenvalue weighted by atomic mass is 10.4. The highest BCUT2D eigenvalue weighted by Gasteiger charge is 2.17. The third-order valence-corrected chi connectivity index (χ3v) is 4.67. The summed E-state index contributed by atoms with van der Waals surface area (Å²) in [6.07, 6.45) is 0. The SMILES string of the molecule is C1CN(Cc2nnnn2CCn2nnnc2CN2CCOCC2)CCO1. The summed E-state index contributed by atoms with van der Waals surface area (Å²) < 4.78 is 14.4. The van der Waals surface area contributed by atoms with Crippen molar-refractivity contribution < 1.29 is 9.47 Å². The Kier molecular flexibility index (Phi) is 5.74. The van der Waals surface area contributed by atoms with Crippen molar-refractivity contribution in [3.8, 4) is 0 Å². The van der Waals surface area contributed by atoms with Crippen molar-refractivity contribution in [3.05, 3.63) is 11.6 Å². The summed E-state index contributed by atoms with van der Waals surface area (Å²) in [6.45, 7) is 9.39. The van der Waals surface area contributed by atoms with E-state index < -0.39 is 0 Å². The number of tetrazole rings is 2. The Morgan fingerprint density at radius 3 is 1.50 bits per heavy atom. The van der Waals surface area contributed by atoms with E-state index in [1.807, 2.05) is 9.36 Å². The van der Waals surface area contributed by atoms with E-state index in [0.29, 0.717) is 13.1 Å². The molecule has 4 heterocycles. The largest absolute Gasteiger partial charge is 0.379 e. The lowest BCUT2D eigenvalue weighted by Gasteiger charge is -2.26. The second-order valence-electron chi connectivity index (χ2n) is 6.41. The Balaban J connectivity index is 1.33. The Morgan fingerprint density at radius 1 is 0.654 bits per heavy atom. The first kappa shape index (κ1) is 17.4. The van der Waals surface area contributed by atoms with Gasteiger partial charge in [-0.05, 0) is 20.9 Å². The number of ether oxygens (including phenoxy) is 2. The first-order valence-electron chi connectivity index (χ1n) is 8.99. The molecule has 0 saturated carbocycles. The molecule has 0 N–H and O–H groups in total. The van der Waals surface area contributed by atoms with Crippen molar-refractivity contribution in [2.75, 3.05) is 52.6 Å². The van der Waals surface area contributed by atoms with E-state index in [1.165, 1.54) is 0 Å². The number of nitrogens with zero attached hydrogens (tertiary/aromatic N) is 10. The number of hydrogen-bond donors (Lipinski definition) is 0. The van der Waals surface area contributed by atoms with Gasteiger partial charge in [-0.15, -0.1) is 10.2 Å². The fourth-order valence-corrected chi connectivity index (χ4v) is 3.13. The summed E-state index contributed by atoms with van der Waals surface area (Å²) in [5.41, 5.74) is 0. The maximum atomic E-state index is 5.38. The van der Waals surface area contributed by atoms with Crippen LogP contribution in [0.5, 0.6) is 0 Å². The van der Waals surface area contributed by atoms with Crippen LogP contribution in [0.4, 0.5) is 0 Å². The molecule has 0 bridgehead atoms. The molecule has 142 valence electrons. The van der Waals surface area contributed by atoms with Crippen LogP contribution in [-0.2, 0) is 35.7 Å². The zero-order valence-electron chi connectivity index (χ0n) is 14.8. The summed E-state index contributed by atoms with van der Waals surface area (Å²) in [7, 11) is 0. The van der Waals surface area contributed by atoms with Crippen molar-refractivity contribution in [1.82, 2.24) is 50.2 Å². The zero-order valence-corrected chi connectivity index (χ0v) is 14.8. The van der Waals surface area contributed by atoms with Crippen LogP contribution in [-0.4, -0.2) is 103 Å². The molecular formula is C14H24N10O2. The molecule has 2 fully saturated rings. The van der Waals surface area contributed by atoms with Gasteiger partial charge in [-0.25, -0.2) is 9.36 Å². The fraction of sp³-hybridized carbons (Fsp3) is 0.857. The second kappa shape index (κ2) is 8.58. The smallest absolute Gasteiger partial charge is 0.165 e. The quantitative estimate of drug-likeness (QED) is 0.548. The normalized spacial score (nSPS) is 19.8. The number of rotatable bonds is 7. The Morgan fingerprint density at radius 2 is 1.08 bits per heavy atom. The Bertz CT molecular complexity index is 619. The van der Waals surface area contributed by atoms with Crippen LogP contribution in [0.3, 0.4) is 0 Å². The van der Waals surface area contributed by atoms with Gasteiger partial charge in [0, 0.05) is 26.2 Å². The first-order chi connectivity index (χ1) is 12.9. The summed E-state index contributed by atoms with van der Waals surface area (Å²) in [6, 6.07) is 0. The van der Waals surface area contributed by atoms with Crippen LogP contribution in [0.15, 0.2) is 0 Å². The number of hydrogen-bond acceptors (Lipinski definition) is 10. The van der Waals surface area contributed by atoms with Gasteiger partial charge in [0.15, 0.2) is 11.6 Å². The highest BCUT2D eigenvalue weighted by atomic mass is 16.5. The predicted molar refractivity (Wildman–Crippen MR) is 87.8 cm³/mol. The van der Waals surface area contributed by atoms with E-state index in [4.69, 9.17) is 9.47 Å². The molecule has 2 saturated heterocycles. The highest BCUT2D eigenvalue weighted by Crippen LogP contribution is 2.06. The minimum absolute atomic E-state index is 0.633. The molecule has 26 heavy (non-hydrogen) atoms. The van der Waals surface area contributed by atoms with Crippen LogP contribution in [0, 0.1) is 0 Å². The van der Waals surface area contributed by atoms with E-state index in [-0.39, 0.29) is 0 Å². The zero-order chi connectivity index (χ0) is 17.6. The summed E-state index contributed by atoms with van der Waals surface area (Å²) >= 11 is 0. The topological polar surface area (TPSA) is 112 Å². The molecular weight excluding hydrogens is 340 g/mol. The van der Waals surface area contributed by atoms with E-state index in [9.17, 15) is 0 Å². The van der Waals surface area contributed by atoms with Gasteiger partial charge < -0.3 is 9.47 Å². The molecule has 12 nitrogen and oxygen atoms in total. The molecule has 2 aliphatic heterocycles. The summed E-state index contributed by atoms with van der Waals surface area (Å²) in [4.78, 5) is 4.60. The molecule has 0 amide bonds. The van der Waals surface area contributed by atoms with Gasteiger partial charge in [0.25, 0.3) is 0 Å². The van der Waals surface area contributed by atoms with Crippen LogP contribution >= 0.6 is 0 Å². The average Bonchev–Trinajstić information content (AvgIpc) is 3.31. The minimum Gasteiger partial charge on any atom is -0.379 e. The van der Waals surface area contributed by atoms with Crippen LogP contribution in [0.2, 0.25) is 0 Å². The molecule has 0 aliphatic carbocycles. The van der Waals surface area contributed by atoms with E-state index >= 15 is 0 Å². The molecule has 0 spiro atoms.